The molecule has 0 radical (unpaired) electrons. The van der Waals surface area contributed by atoms with Crippen LogP contribution in [-0.4, -0.2) is 57.4 Å². The zero-order chi connectivity index (χ0) is 24.8. The standard InChI is InChI=1S/C26H39NO7/c1-2-3-8-12-19-20(14-18(28)11-9-6-4-5-7-10-13-24(31)32)34-26(33)17-25(19)21(15-22(26)29)27-16-23(25)30/h3,8,15,19-20,23,27,30,33H,2,4-7,9-14,16-17H2,1H3,(H,31,32)/b8-3-/t19-,20+,23+,25?,26-/m1/s1. The number of allylic oxidation sites excluding steroid dienone is 2. The summed E-state index contributed by atoms with van der Waals surface area (Å²) in [5, 5.41) is 33.8. The topological polar surface area (TPSA) is 133 Å². The Morgan fingerprint density at radius 1 is 1.15 bits per heavy atom. The lowest BCUT2D eigenvalue weighted by Crippen LogP contribution is -2.63. The number of unbranched alkanes of at least 4 members (excludes halogenated alkanes) is 5. The highest BCUT2D eigenvalue weighted by Crippen LogP contribution is 2.57. The summed E-state index contributed by atoms with van der Waals surface area (Å²) in [7, 11) is 0. The SMILES string of the molecule is CC/C=C\C[C@@H]1[C@H](CC(=O)CCCCCCCCC(=O)O)O[C@]2(O)CC13C(=CC2=O)NC[C@@H]3O. The van der Waals surface area contributed by atoms with Gasteiger partial charge in [0, 0.05) is 55.3 Å². The van der Waals surface area contributed by atoms with Gasteiger partial charge in [-0.2, -0.15) is 0 Å². The smallest absolute Gasteiger partial charge is 0.303 e. The van der Waals surface area contributed by atoms with Gasteiger partial charge < -0.3 is 25.4 Å². The van der Waals surface area contributed by atoms with Crippen LogP contribution in [0.25, 0.3) is 0 Å². The number of carboxylic acids is 1. The third-order valence-corrected chi connectivity index (χ3v) is 7.55. The van der Waals surface area contributed by atoms with Crippen molar-refractivity contribution in [2.45, 2.75) is 102 Å². The van der Waals surface area contributed by atoms with Crippen LogP contribution in [0, 0.1) is 11.3 Å². The van der Waals surface area contributed by atoms with Gasteiger partial charge in [0.25, 0.3) is 0 Å². The first-order chi connectivity index (χ1) is 16.2. The van der Waals surface area contributed by atoms with Crippen molar-refractivity contribution < 1.29 is 34.4 Å². The van der Waals surface area contributed by atoms with Gasteiger partial charge in [0.2, 0.25) is 11.6 Å². The summed E-state index contributed by atoms with van der Waals surface area (Å²) in [6.45, 7) is 2.34. The molecule has 5 atom stereocenters. The summed E-state index contributed by atoms with van der Waals surface area (Å²) in [5.74, 6) is -3.53. The van der Waals surface area contributed by atoms with Crippen molar-refractivity contribution in [1.29, 1.82) is 0 Å². The van der Waals surface area contributed by atoms with Crippen LogP contribution in [0.15, 0.2) is 23.9 Å². The van der Waals surface area contributed by atoms with Crippen molar-refractivity contribution >= 4 is 17.5 Å². The van der Waals surface area contributed by atoms with E-state index in [2.05, 4.69) is 5.32 Å². The van der Waals surface area contributed by atoms with Gasteiger partial charge in [-0.15, -0.1) is 0 Å². The summed E-state index contributed by atoms with van der Waals surface area (Å²) in [6, 6.07) is 0. The second kappa shape index (κ2) is 11.6. The predicted octanol–water partition coefficient (Wildman–Crippen LogP) is 3.02. The summed E-state index contributed by atoms with van der Waals surface area (Å²) in [6.07, 6.45) is 11.3. The van der Waals surface area contributed by atoms with E-state index in [0.29, 0.717) is 31.5 Å². The second-order valence-electron chi connectivity index (χ2n) is 9.96. The Kier molecular flexibility index (Phi) is 9.07. The van der Waals surface area contributed by atoms with Gasteiger partial charge in [-0.1, -0.05) is 44.8 Å². The van der Waals surface area contributed by atoms with Crippen LogP contribution in [0.2, 0.25) is 0 Å². The number of ether oxygens (including phenoxy) is 1. The molecule has 1 spiro atoms. The average molecular weight is 478 g/mol. The number of rotatable bonds is 14. The van der Waals surface area contributed by atoms with Crippen LogP contribution in [0.1, 0.15) is 84.0 Å². The van der Waals surface area contributed by atoms with E-state index in [9.17, 15) is 24.6 Å². The second-order valence-corrected chi connectivity index (χ2v) is 9.96. The van der Waals surface area contributed by atoms with E-state index in [4.69, 9.17) is 9.84 Å². The Morgan fingerprint density at radius 3 is 2.50 bits per heavy atom. The van der Waals surface area contributed by atoms with Crippen LogP contribution in [0.5, 0.6) is 0 Å². The van der Waals surface area contributed by atoms with E-state index in [1.165, 1.54) is 6.08 Å². The molecule has 8 heteroatoms. The van der Waals surface area contributed by atoms with Gasteiger partial charge in [0.15, 0.2) is 0 Å². The van der Waals surface area contributed by atoms with Crippen molar-refractivity contribution in [2.75, 3.05) is 6.54 Å². The van der Waals surface area contributed by atoms with Gasteiger partial charge in [0.1, 0.15) is 5.78 Å². The van der Waals surface area contributed by atoms with Crippen molar-refractivity contribution in [3.8, 4) is 0 Å². The third-order valence-electron chi connectivity index (χ3n) is 7.55. The highest BCUT2D eigenvalue weighted by Gasteiger charge is 2.65. The number of fused-ring (bicyclic) bond motifs is 1. The first kappa shape index (κ1) is 26.6. The lowest BCUT2D eigenvalue weighted by Gasteiger charge is -2.54. The maximum absolute atomic E-state index is 12.9. The number of ketones is 2. The molecular formula is C26H39NO7. The zero-order valence-corrected chi connectivity index (χ0v) is 20.1. The number of carbonyl (C=O) groups excluding carboxylic acids is 2. The minimum atomic E-state index is -2.01. The Balaban J connectivity index is 1.61. The van der Waals surface area contributed by atoms with E-state index < -0.39 is 35.2 Å². The fourth-order valence-electron chi connectivity index (χ4n) is 5.79. The number of β-amino-alcohol motifs (C(OH)–C–C–N with tert-alkyl or cyclic N) is 1. The van der Waals surface area contributed by atoms with Gasteiger partial charge in [0.05, 0.1) is 12.2 Å². The minimum absolute atomic E-state index is 0.00393. The Morgan fingerprint density at radius 2 is 1.82 bits per heavy atom. The molecule has 1 aliphatic carbocycles. The number of Topliss-reactive ketones (excluding diaryl/α,β-unsaturated/α-hetero) is 1. The van der Waals surface area contributed by atoms with Crippen molar-refractivity contribution in [1.82, 2.24) is 5.32 Å². The molecular weight excluding hydrogens is 438 g/mol. The summed E-state index contributed by atoms with van der Waals surface area (Å²) in [4.78, 5) is 36.0. The van der Waals surface area contributed by atoms with Crippen LogP contribution in [0.4, 0.5) is 0 Å². The van der Waals surface area contributed by atoms with Gasteiger partial charge in [-0.3, -0.25) is 14.4 Å². The predicted molar refractivity (Wildman–Crippen MR) is 126 cm³/mol. The van der Waals surface area contributed by atoms with E-state index >= 15 is 0 Å². The van der Waals surface area contributed by atoms with Crippen LogP contribution in [0.3, 0.4) is 0 Å². The molecule has 0 aromatic carbocycles. The van der Waals surface area contributed by atoms with Gasteiger partial charge >= 0.3 is 5.97 Å². The fourth-order valence-corrected chi connectivity index (χ4v) is 5.79. The number of carboxylic acid groups (broad SMARTS) is 1. The molecule has 190 valence electrons. The summed E-state index contributed by atoms with van der Waals surface area (Å²) < 4.78 is 5.93. The maximum atomic E-state index is 12.9. The first-order valence-corrected chi connectivity index (χ1v) is 12.7. The number of nitrogens with one attached hydrogen (secondary N) is 1. The van der Waals surface area contributed by atoms with Gasteiger partial charge in [-0.05, 0) is 25.7 Å². The molecule has 1 unspecified atom stereocenters. The molecule has 3 rings (SSSR count). The number of aliphatic carboxylic acids is 1. The zero-order valence-electron chi connectivity index (χ0n) is 20.1. The molecule has 0 aromatic rings. The summed E-state index contributed by atoms with van der Waals surface area (Å²) >= 11 is 0. The average Bonchev–Trinajstić information content (AvgIpc) is 3.07. The molecule has 2 heterocycles. The molecule has 8 nitrogen and oxygen atoms in total. The number of aliphatic hydroxyl groups excluding tert-OH is 1. The normalized spacial score (nSPS) is 32.4. The third kappa shape index (κ3) is 5.78. The van der Waals surface area contributed by atoms with Crippen LogP contribution < -0.4 is 5.32 Å². The summed E-state index contributed by atoms with van der Waals surface area (Å²) in [5.41, 5.74) is -0.187. The molecule has 2 bridgehead atoms. The number of aliphatic hydroxyl groups is 2. The molecule has 4 N–H and O–H groups in total. The molecule has 2 fully saturated rings. The largest absolute Gasteiger partial charge is 0.481 e. The van der Waals surface area contributed by atoms with Crippen molar-refractivity contribution in [2.24, 2.45) is 11.3 Å². The van der Waals surface area contributed by atoms with Crippen molar-refractivity contribution in [3.05, 3.63) is 23.9 Å². The molecule has 34 heavy (non-hydrogen) atoms. The Hall–Kier alpha value is -2.03. The molecule has 0 aromatic heterocycles. The molecule has 3 aliphatic rings. The maximum Gasteiger partial charge on any atom is 0.303 e. The lowest BCUT2D eigenvalue weighted by atomic mass is 9.58. The number of hydrogen-bond donors (Lipinski definition) is 4. The first-order valence-electron chi connectivity index (χ1n) is 12.7. The molecule has 0 saturated carbocycles. The number of hydrogen-bond acceptors (Lipinski definition) is 7. The van der Waals surface area contributed by atoms with E-state index in [-0.39, 0.29) is 31.0 Å². The van der Waals surface area contributed by atoms with Gasteiger partial charge in [-0.25, -0.2) is 0 Å². The van der Waals surface area contributed by atoms with Crippen molar-refractivity contribution in [3.63, 3.8) is 0 Å². The van der Waals surface area contributed by atoms with E-state index in [0.717, 1.165) is 38.5 Å². The Bertz CT molecular complexity index is 822. The molecule has 0 amide bonds. The minimum Gasteiger partial charge on any atom is -0.481 e. The van der Waals surface area contributed by atoms with Crippen LogP contribution in [-0.2, 0) is 19.1 Å². The lowest BCUT2D eigenvalue weighted by molar-refractivity contribution is -0.286. The quantitative estimate of drug-likeness (QED) is 0.222. The highest BCUT2D eigenvalue weighted by atomic mass is 16.6. The monoisotopic (exact) mass is 477 g/mol. The van der Waals surface area contributed by atoms with Crippen LogP contribution >= 0.6 is 0 Å². The molecule has 2 aliphatic heterocycles. The number of carbonyl (C=O) groups is 3. The fraction of sp³-hybridized carbons (Fsp3) is 0.731. The Labute approximate surface area is 201 Å². The van der Waals surface area contributed by atoms with E-state index in [1.54, 1.807) is 0 Å². The van der Waals surface area contributed by atoms with E-state index in [1.807, 2.05) is 19.1 Å². The molecule has 2 saturated heterocycles. The highest BCUT2D eigenvalue weighted by molar-refractivity contribution is 5.98.